The Kier molecular flexibility index (Phi) is 4.80. The van der Waals surface area contributed by atoms with Crippen LogP contribution in [0.5, 0.6) is 0 Å². The van der Waals surface area contributed by atoms with Crippen LogP contribution in [0.15, 0.2) is 24.3 Å². The molecule has 0 aromatic heterocycles. The first-order valence-corrected chi connectivity index (χ1v) is 5.14. The smallest absolute Gasteiger partial charge is 0.346 e. The van der Waals surface area contributed by atoms with Crippen LogP contribution < -0.4 is 0 Å². The molecule has 0 amide bonds. The molecule has 1 N–H and O–H groups in total. The number of carbonyl (C=O) groups is 3. The van der Waals surface area contributed by atoms with Crippen molar-refractivity contribution in [1.82, 2.24) is 0 Å². The molecule has 0 saturated carbocycles. The number of benzene rings is 1. The molecule has 2 atom stereocenters. The lowest BCUT2D eigenvalue weighted by atomic mass is 10.0. The second-order valence-corrected chi connectivity index (χ2v) is 3.74. The number of aliphatic carboxylic acids is 1. The summed E-state index contributed by atoms with van der Waals surface area (Å²) in [6.45, 7) is 0. The molecular weight excluding hydrogens is 265 g/mol. The van der Waals surface area contributed by atoms with Crippen LogP contribution >= 0.6 is 0 Å². The van der Waals surface area contributed by atoms with E-state index < -0.39 is 42.1 Å². The van der Waals surface area contributed by atoms with Crippen molar-refractivity contribution in [3.05, 3.63) is 35.6 Å². The molecule has 19 heavy (non-hydrogen) atoms. The van der Waals surface area contributed by atoms with Gasteiger partial charge in [0.25, 0.3) is 6.17 Å². The Morgan fingerprint density at radius 3 is 2.32 bits per heavy atom. The van der Waals surface area contributed by atoms with Crippen molar-refractivity contribution in [2.75, 3.05) is 0 Å². The van der Waals surface area contributed by atoms with E-state index >= 15 is 0 Å². The zero-order valence-electron chi connectivity index (χ0n) is 9.48. The number of carbonyl (C=O) groups excluding carboxylic acids is 2. The van der Waals surface area contributed by atoms with Crippen LogP contribution in [-0.4, -0.2) is 35.0 Å². The van der Waals surface area contributed by atoms with E-state index in [2.05, 4.69) is 0 Å². The minimum Gasteiger partial charge on any atom is -0.479 e. The summed E-state index contributed by atoms with van der Waals surface area (Å²) in [4.78, 5) is 32.4. The fourth-order valence-corrected chi connectivity index (χ4v) is 1.35. The van der Waals surface area contributed by atoms with Gasteiger partial charge in [0, 0.05) is 6.42 Å². The van der Waals surface area contributed by atoms with Gasteiger partial charge in [-0.05, 0) is 17.7 Å². The Balaban J connectivity index is 2.73. The van der Waals surface area contributed by atoms with Crippen molar-refractivity contribution in [2.45, 2.75) is 18.8 Å². The Hall–Kier alpha value is -2.18. The maximum absolute atomic E-state index is 13.3. The highest BCUT2D eigenvalue weighted by molar-refractivity contribution is 6.14. The van der Waals surface area contributed by atoms with Gasteiger partial charge in [-0.1, -0.05) is 12.1 Å². The van der Waals surface area contributed by atoms with E-state index in [1.165, 1.54) is 12.1 Å². The summed E-state index contributed by atoms with van der Waals surface area (Å²) in [5.74, 6) is -6.10. The minimum atomic E-state index is -3.09. The largest absolute Gasteiger partial charge is 0.479 e. The lowest BCUT2D eigenvalue weighted by molar-refractivity contribution is -0.150. The Morgan fingerprint density at radius 1 is 1.16 bits per heavy atom. The summed E-state index contributed by atoms with van der Waals surface area (Å²) >= 11 is 0. The molecule has 2 unspecified atom stereocenters. The first kappa shape index (κ1) is 14.9. The molecule has 7 heteroatoms. The second kappa shape index (κ2) is 6.12. The fourth-order valence-electron chi connectivity index (χ4n) is 1.35. The van der Waals surface area contributed by atoms with Crippen LogP contribution in [0, 0.1) is 5.82 Å². The average molecular weight is 274 g/mol. The van der Waals surface area contributed by atoms with Gasteiger partial charge >= 0.3 is 5.97 Å². The van der Waals surface area contributed by atoms with Crippen LogP contribution in [0.1, 0.15) is 5.56 Å². The highest BCUT2D eigenvalue weighted by Crippen LogP contribution is 2.10. The molecule has 1 aromatic rings. The van der Waals surface area contributed by atoms with Crippen LogP contribution in [-0.2, 0) is 20.8 Å². The number of ketones is 2. The van der Waals surface area contributed by atoms with Crippen LogP contribution in [0.4, 0.5) is 13.2 Å². The van der Waals surface area contributed by atoms with Crippen molar-refractivity contribution < 1.29 is 32.7 Å². The summed E-state index contributed by atoms with van der Waals surface area (Å²) in [7, 11) is 0. The van der Waals surface area contributed by atoms with E-state index in [0.717, 1.165) is 12.1 Å². The molecular formula is C12H9F3O4. The number of carboxylic acid groups (broad SMARTS) is 1. The normalized spacial score (nSPS) is 13.6. The van der Waals surface area contributed by atoms with Crippen LogP contribution in [0.3, 0.4) is 0 Å². The number of hydrogen-bond acceptors (Lipinski definition) is 3. The van der Waals surface area contributed by atoms with Gasteiger partial charge in [-0.25, -0.2) is 18.0 Å². The van der Waals surface area contributed by atoms with Crippen molar-refractivity contribution in [3.8, 4) is 0 Å². The molecule has 102 valence electrons. The number of rotatable bonds is 6. The van der Waals surface area contributed by atoms with E-state index in [0.29, 0.717) is 0 Å². The maximum atomic E-state index is 13.3. The number of hydrogen-bond donors (Lipinski definition) is 1. The minimum absolute atomic E-state index is 0.103. The first-order chi connectivity index (χ1) is 8.82. The average Bonchev–Trinajstić information content (AvgIpc) is 2.35. The van der Waals surface area contributed by atoms with E-state index in [1.54, 1.807) is 0 Å². The van der Waals surface area contributed by atoms with E-state index in [-0.39, 0.29) is 5.56 Å². The second-order valence-electron chi connectivity index (χ2n) is 3.74. The monoisotopic (exact) mass is 274 g/mol. The standard InChI is InChI=1S/C12H9F3O4/c13-7-3-1-2-6(4-7)5-8(16)9(14)11(17)10(15)12(18)19/h1-4,9-10H,5H2,(H,18,19). The van der Waals surface area contributed by atoms with Gasteiger partial charge in [0.05, 0.1) is 0 Å². The zero-order chi connectivity index (χ0) is 14.6. The SMILES string of the molecule is O=C(O)C(F)C(=O)C(F)C(=O)Cc1cccc(F)c1. The molecule has 0 radical (unpaired) electrons. The van der Waals surface area contributed by atoms with Gasteiger partial charge in [0.2, 0.25) is 12.0 Å². The van der Waals surface area contributed by atoms with Crippen molar-refractivity contribution in [3.63, 3.8) is 0 Å². The molecule has 0 aliphatic rings. The molecule has 0 fully saturated rings. The lowest BCUT2D eigenvalue weighted by Gasteiger charge is -2.07. The summed E-state index contributed by atoms with van der Waals surface area (Å²) in [5.41, 5.74) is 0.103. The summed E-state index contributed by atoms with van der Waals surface area (Å²) < 4.78 is 38.8. The first-order valence-electron chi connectivity index (χ1n) is 5.14. The lowest BCUT2D eigenvalue weighted by Crippen LogP contribution is -2.37. The number of carboxylic acids is 1. The van der Waals surface area contributed by atoms with Gasteiger partial charge < -0.3 is 5.11 Å². The molecule has 0 spiro atoms. The third-order valence-electron chi connectivity index (χ3n) is 2.27. The molecule has 0 aliphatic carbocycles. The number of halogens is 3. The third kappa shape index (κ3) is 3.90. The van der Waals surface area contributed by atoms with Gasteiger partial charge in [0.15, 0.2) is 5.78 Å². The Morgan fingerprint density at radius 2 is 1.79 bits per heavy atom. The zero-order valence-corrected chi connectivity index (χ0v) is 9.48. The molecule has 0 aliphatic heterocycles. The maximum Gasteiger partial charge on any atom is 0.346 e. The topological polar surface area (TPSA) is 71.4 Å². The highest BCUT2D eigenvalue weighted by atomic mass is 19.1. The predicted molar refractivity (Wildman–Crippen MR) is 57.5 cm³/mol. The summed E-state index contributed by atoms with van der Waals surface area (Å²) in [6.07, 6.45) is -6.60. The van der Waals surface area contributed by atoms with Gasteiger partial charge in [0.1, 0.15) is 5.82 Å². The summed E-state index contributed by atoms with van der Waals surface area (Å²) in [6, 6.07) is 4.66. The number of Topliss-reactive ketones (excluding diaryl/α,β-unsaturated/α-hetero) is 2. The number of alkyl halides is 2. The molecule has 4 nitrogen and oxygen atoms in total. The third-order valence-corrected chi connectivity index (χ3v) is 2.27. The fraction of sp³-hybridized carbons (Fsp3) is 0.250. The summed E-state index contributed by atoms with van der Waals surface area (Å²) in [5, 5.41) is 8.19. The Labute approximate surface area is 105 Å². The van der Waals surface area contributed by atoms with Gasteiger partial charge in [-0.2, -0.15) is 0 Å². The quantitative estimate of drug-likeness (QED) is 0.793. The van der Waals surface area contributed by atoms with Crippen LogP contribution in [0.25, 0.3) is 0 Å². The predicted octanol–water partition coefficient (Wildman–Crippen LogP) is 1.27. The highest BCUT2D eigenvalue weighted by Gasteiger charge is 2.36. The van der Waals surface area contributed by atoms with E-state index in [1.807, 2.05) is 0 Å². The molecule has 1 aromatic carbocycles. The molecule has 0 bridgehead atoms. The van der Waals surface area contributed by atoms with E-state index in [9.17, 15) is 27.6 Å². The molecule has 0 saturated heterocycles. The van der Waals surface area contributed by atoms with Crippen molar-refractivity contribution in [1.29, 1.82) is 0 Å². The van der Waals surface area contributed by atoms with Gasteiger partial charge in [-0.15, -0.1) is 0 Å². The molecule has 0 heterocycles. The van der Waals surface area contributed by atoms with Crippen molar-refractivity contribution in [2.24, 2.45) is 0 Å². The molecule has 1 rings (SSSR count). The Bertz CT molecular complexity index is 515. The van der Waals surface area contributed by atoms with Crippen molar-refractivity contribution >= 4 is 17.5 Å². The van der Waals surface area contributed by atoms with Gasteiger partial charge in [-0.3, -0.25) is 9.59 Å². The van der Waals surface area contributed by atoms with Crippen LogP contribution in [0.2, 0.25) is 0 Å². The van der Waals surface area contributed by atoms with E-state index in [4.69, 9.17) is 5.11 Å².